The van der Waals surface area contributed by atoms with Crippen LogP contribution in [0.1, 0.15) is 38.3 Å². The molecule has 1 aromatic rings. The van der Waals surface area contributed by atoms with Gasteiger partial charge in [0.1, 0.15) is 0 Å². The summed E-state index contributed by atoms with van der Waals surface area (Å²) in [6.07, 6.45) is 10.3. The second kappa shape index (κ2) is 4.96. The van der Waals surface area contributed by atoms with Crippen molar-refractivity contribution in [1.82, 2.24) is 9.55 Å². The maximum absolute atomic E-state index is 4.08. The molecule has 0 saturated heterocycles. The molecule has 0 N–H and O–H groups in total. The van der Waals surface area contributed by atoms with Crippen LogP contribution in [0.2, 0.25) is 0 Å². The maximum Gasteiger partial charge on any atom is 0.0945 e. The summed E-state index contributed by atoms with van der Waals surface area (Å²) in [6, 6.07) is 0. The SMILES string of the molecule is CCCCCCc1cncn1C. The van der Waals surface area contributed by atoms with Crippen molar-refractivity contribution in [2.75, 3.05) is 0 Å². The third kappa shape index (κ3) is 2.68. The van der Waals surface area contributed by atoms with Crippen molar-refractivity contribution in [3.63, 3.8) is 0 Å². The smallest absolute Gasteiger partial charge is 0.0945 e. The maximum atomic E-state index is 4.08. The lowest BCUT2D eigenvalue weighted by Gasteiger charge is -2.00. The number of hydrogen-bond donors (Lipinski definition) is 0. The van der Waals surface area contributed by atoms with Gasteiger partial charge in [0.25, 0.3) is 0 Å². The molecule has 0 amide bonds. The molecule has 0 bridgehead atoms. The zero-order chi connectivity index (χ0) is 8.81. The Hall–Kier alpha value is -0.790. The molecule has 0 aromatic carbocycles. The summed E-state index contributed by atoms with van der Waals surface area (Å²) >= 11 is 0. The van der Waals surface area contributed by atoms with Crippen molar-refractivity contribution in [3.05, 3.63) is 18.2 Å². The van der Waals surface area contributed by atoms with E-state index in [0.717, 1.165) is 0 Å². The Balaban J connectivity index is 2.20. The van der Waals surface area contributed by atoms with Crippen molar-refractivity contribution < 1.29 is 0 Å². The van der Waals surface area contributed by atoms with E-state index in [-0.39, 0.29) is 0 Å². The van der Waals surface area contributed by atoms with Crippen LogP contribution < -0.4 is 0 Å². The van der Waals surface area contributed by atoms with Crippen LogP contribution >= 0.6 is 0 Å². The van der Waals surface area contributed by atoms with Gasteiger partial charge in [0.2, 0.25) is 0 Å². The third-order valence-corrected chi connectivity index (χ3v) is 2.20. The number of hydrogen-bond acceptors (Lipinski definition) is 1. The summed E-state index contributed by atoms with van der Waals surface area (Å²) in [6.45, 7) is 2.24. The van der Waals surface area contributed by atoms with Crippen LogP contribution in [0.25, 0.3) is 0 Å². The number of aromatic nitrogens is 2. The standard InChI is InChI=1S/C10H18N2/c1-3-4-5-6-7-10-8-11-9-12(10)2/h8-9H,3-7H2,1-2H3. The quantitative estimate of drug-likeness (QED) is 0.615. The van der Waals surface area contributed by atoms with Gasteiger partial charge >= 0.3 is 0 Å². The average Bonchev–Trinajstić information content (AvgIpc) is 2.46. The van der Waals surface area contributed by atoms with Gasteiger partial charge in [0.15, 0.2) is 0 Å². The molecule has 0 aliphatic heterocycles. The highest BCUT2D eigenvalue weighted by Gasteiger charge is 1.96. The summed E-state index contributed by atoms with van der Waals surface area (Å²) in [4.78, 5) is 4.08. The Morgan fingerprint density at radius 2 is 2.17 bits per heavy atom. The van der Waals surface area contributed by atoms with Gasteiger partial charge in [0.05, 0.1) is 6.33 Å². The van der Waals surface area contributed by atoms with Gasteiger partial charge in [-0.15, -0.1) is 0 Å². The van der Waals surface area contributed by atoms with Crippen LogP contribution in [-0.2, 0) is 13.5 Å². The Labute approximate surface area is 74.6 Å². The molecule has 0 fully saturated rings. The van der Waals surface area contributed by atoms with Gasteiger partial charge in [-0.2, -0.15) is 0 Å². The van der Waals surface area contributed by atoms with Gasteiger partial charge in [-0.3, -0.25) is 0 Å². The van der Waals surface area contributed by atoms with Crippen molar-refractivity contribution in [3.8, 4) is 0 Å². The first-order chi connectivity index (χ1) is 5.84. The molecule has 2 nitrogen and oxygen atoms in total. The summed E-state index contributed by atoms with van der Waals surface area (Å²) in [5, 5.41) is 0. The molecule has 12 heavy (non-hydrogen) atoms. The largest absolute Gasteiger partial charge is 0.338 e. The Kier molecular flexibility index (Phi) is 3.85. The molecule has 0 saturated carbocycles. The molecular weight excluding hydrogens is 148 g/mol. The lowest BCUT2D eigenvalue weighted by molar-refractivity contribution is 0.648. The lowest BCUT2D eigenvalue weighted by Crippen LogP contribution is -1.94. The second-order valence-corrected chi connectivity index (χ2v) is 3.31. The van der Waals surface area contributed by atoms with E-state index in [1.165, 1.54) is 37.8 Å². The van der Waals surface area contributed by atoms with E-state index >= 15 is 0 Å². The minimum absolute atomic E-state index is 1.18. The number of imidazole rings is 1. The van der Waals surface area contributed by atoms with Crippen molar-refractivity contribution >= 4 is 0 Å². The van der Waals surface area contributed by atoms with Gasteiger partial charge < -0.3 is 4.57 Å². The zero-order valence-corrected chi connectivity index (χ0v) is 8.08. The van der Waals surface area contributed by atoms with Crippen LogP contribution in [0, 0.1) is 0 Å². The molecule has 0 radical (unpaired) electrons. The van der Waals surface area contributed by atoms with E-state index in [1.54, 1.807) is 0 Å². The van der Waals surface area contributed by atoms with Gasteiger partial charge in [0, 0.05) is 18.9 Å². The first-order valence-electron chi connectivity index (χ1n) is 4.79. The van der Waals surface area contributed by atoms with Crippen LogP contribution in [0.15, 0.2) is 12.5 Å². The highest BCUT2D eigenvalue weighted by atomic mass is 15.0. The highest BCUT2D eigenvalue weighted by Crippen LogP contribution is 2.05. The molecule has 0 aliphatic rings. The topological polar surface area (TPSA) is 17.8 Å². The van der Waals surface area contributed by atoms with Crippen LogP contribution in [0.4, 0.5) is 0 Å². The lowest BCUT2D eigenvalue weighted by atomic mass is 10.1. The summed E-state index contributed by atoms with van der Waals surface area (Å²) in [5.74, 6) is 0. The molecule has 1 rings (SSSR count). The Bertz CT molecular complexity index is 215. The normalized spacial score (nSPS) is 10.5. The second-order valence-electron chi connectivity index (χ2n) is 3.31. The predicted octanol–water partition coefficient (Wildman–Crippen LogP) is 2.54. The summed E-state index contributed by atoms with van der Waals surface area (Å²) in [5.41, 5.74) is 1.35. The predicted molar refractivity (Wildman–Crippen MR) is 51.1 cm³/mol. The number of aryl methyl sites for hydroxylation is 2. The number of rotatable bonds is 5. The molecule has 0 spiro atoms. The first-order valence-corrected chi connectivity index (χ1v) is 4.79. The third-order valence-electron chi connectivity index (χ3n) is 2.20. The monoisotopic (exact) mass is 166 g/mol. The van der Waals surface area contributed by atoms with E-state index in [0.29, 0.717) is 0 Å². The van der Waals surface area contributed by atoms with Gasteiger partial charge in [-0.1, -0.05) is 26.2 Å². The average molecular weight is 166 g/mol. The van der Waals surface area contributed by atoms with Crippen LogP contribution in [0.5, 0.6) is 0 Å². The van der Waals surface area contributed by atoms with Gasteiger partial charge in [-0.05, 0) is 12.8 Å². The summed E-state index contributed by atoms with van der Waals surface area (Å²) < 4.78 is 2.10. The molecule has 68 valence electrons. The summed E-state index contributed by atoms with van der Waals surface area (Å²) in [7, 11) is 2.06. The minimum Gasteiger partial charge on any atom is -0.338 e. The van der Waals surface area contributed by atoms with E-state index < -0.39 is 0 Å². The van der Waals surface area contributed by atoms with E-state index in [4.69, 9.17) is 0 Å². The van der Waals surface area contributed by atoms with Crippen molar-refractivity contribution in [1.29, 1.82) is 0 Å². The molecule has 2 heteroatoms. The fraction of sp³-hybridized carbons (Fsp3) is 0.700. The molecule has 0 unspecified atom stereocenters. The molecule has 0 aliphatic carbocycles. The Morgan fingerprint density at radius 3 is 2.75 bits per heavy atom. The Morgan fingerprint density at radius 1 is 1.33 bits per heavy atom. The molecular formula is C10H18N2. The van der Waals surface area contributed by atoms with E-state index in [2.05, 4.69) is 23.5 Å². The fourth-order valence-corrected chi connectivity index (χ4v) is 1.36. The highest BCUT2D eigenvalue weighted by molar-refractivity contribution is 4.97. The number of nitrogens with zero attached hydrogens (tertiary/aromatic N) is 2. The van der Waals surface area contributed by atoms with Crippen LogP contribution in [-0.4, -0.2) is 9.55 Å². The van der Waals surface area contributed by atoms with Crippen molar-refractivity contribution in [2.45, 2.75) is 39.0 Å². The zero-order valence-electron chi connectivity index (χ0n) is 8.08. The molecule has 1 heterocycles. The van der Waals surface area contributed by atoms with Crippen molar-refractivity contribution in [2.24, 2.45) is 7.05 Å². The minimum atomic E-state index is 1.18. The van der Waals surface area contributed by atoms with E-state index in [9.17, 15) is 0 Å². The first kappa shape index (κ1) is 9.30. The fourth-order valence-electron chi connectivity index (χ4n) is 1.36. The molecule has 0 atom stereocenters. The van der Waals surface area contributed by atoms with Gasteiger partial charge in [-0.25, -0.2) is 4.98 Å². The van der Waals surface area contributed by atoms with E-state index in [1.807, 2.05) is 12.5 Å². The molecule has 1 aromatic heterocycles. The number of unbranched alkanes of at least 4 members (excludes halogenated alkanes) is 3. The van der Waals surface area contributed by atoms with Crippen LogP contribution in [0.3, 0.4) is 0 Å².